The van der Waals surface area contributed by atoms with Crippen LogP contribution in [0.5, 0.6) is 0 Å². The number of nitrogens with zero attached hydrogens (tertiary/aromatic N) is 4. The molecule has 4 nitrogen and oxygen atoms in total. The first-order chi connectivity index (χ1) is 29.7. The third-order valence-corrected chi connectivity index (χ3v) is 13.2. The van der Waals surface area contributed by atoms with E-state index in [-0.39, 0.29) is 0 Å². The van der Waals surface area contributed by atoms with Gasteiger partial charge in [0.2, 0.25) is 0 Å². The summed E-state index contributed by atoms with van der Waals surface area (Å²) in [6, 6.07) is 71.6. The summed E-state index contributed by atoms with van der Waals surface area (Å²) >= 11 is 1.84. The number of benzene rings is 8. The molecule has 12 rings (SSSR count). The Kier molecular flexibility index (Phi) is 7.97. The first-order valence-corrected chi connectivity index (χ1v) is 21.0. The monoisotopic (exact) mass is 782 g/mol. The lowest BCUT2D eigenvalue weighted by Crippen LogP contribution is -2.32. The minimum Gasteiger partial charge on any atom is -0.256 e. The molecule has 0 N–H and O–H groups in total. The van der Waals surface area contributed by atoms with Gasteiger partial charge in [0.15, 0.2) is 17.5 Å². The molecule has 0 amide bonds. The first kappa shape index (κ1) is 34.6. The van der Waals surface area contributed by atoms with E-state index in [2.05, 4.69) is 163 Å². The molecule has 3 heterocycles. The van der Waals surface area contributed by atoms with Crippen LogP contribution >= 0.6 is 11.8 Å². The minimum atomic E-state index is -0.581. The SMILES string of the molecule is c1ccc(-c2nc(-c3ccccc3)nc(-c3ccc4c(c3)C3(c5cc(-c6ccc(-c7ccnc8ccccc78)cc6)ccc5S4)c4ccccc4-c4ccccc43)n2)cc1. The molecule has 0 fully saturated rings. The molecule has 10 aromatic rings. The van der Waals surface area contributed by atoms with Crippen molar-refractivity contribution in [3.05, 3.63) is 229 Å². The Hall–Kier alpha value is -7.47. The van der Waals surface area contributed by atoms with Gasteiger partial charge in [0.25, 0.3) is 0 Å². The second-order valence-corrected chi connectivity index (χ2v) is 16.4. The average Bonchev–Trinajstić information content (AvgIpc) is 3.62. The first-order valence-electron chi connectivity index (χ1n) is 20.2. The quantitative estimate of drug-likeness (QED) is 0.174. The summed E-state index contributed by atoms with van der Waals surface area (Å²) in [5.74, 6) is 1.94. The smallest absolute Gasteiger partial charge is 0.164 e. The molecular formula is C55H34N4S. The van der Waals surface area contributed by atoms with E-state index in [1.54, 1.807) is 0 Å². The lowest BCUT2D eigenvalue weighted by atomic mass is 9.66. The van der Waals surface area contributed by atoms with Gasteiger partial charge in [0, 0.05) is 38.1 Å². The van der Waals surface area contributed by atoms with Crippen LogP contribution in [0.4, 0.5) is 0 Å². The average molecular weight is 783 g/mol. The third-order valence-electron chi connectivity index (χ3n) is 12.1. The Morgan fingerprint density at radius 2 is 0.817 bits per heavy atom. The molecule has 0 bridgehead atoms. The Morgan fingerprint density at radius 1 is 0.333 bits per heavy atom. The zero-order valence-corrected chi connectivity index (χ0v) is 33.1. The molecule has 0 atom stereocenters. The Labute approximate surface area is 352 Å². The van der Waals surface area contributed by atoms with Gasteiger partial charge in [-0.1, -0.05) is 176 Å². The summed E-state index contributed by atoms with van der Waals surface area (Å²) in [6.45, 7) is 0. The molecule has 60 heavy (non-hydrogen) atoms. The van der Waals surface area contributed by atoms with E-state index in [1.807, 2.05) is 60.4 Å². The molecule has 0 saturated carbocycles. The van der Waals surface area contributed by atoms with E-state index < -0.39 is 5.41 Å². The largest absolute Gasteiger partial charge is 0.256 e. The van der Waals surface area contributed by atoms with Gasteiger partial charge in [0.05, 0.1) is 10.9 Å². The van der Waals surface area contributed by atoms with Crippen molar-refractivity contribution in [3.8, 4) is 67.5 Å². The van der Waals surface area contributed by atoms with Crippen molar-refractivity contribution >= 4 is 22.7 Å². The van der Waals surface area contributed by atoms with Crippen LogP contribution in [-0.2, 0) is 5.41 Å². The maximum absolute atomic E-state index is 5.16. The summed E-state index contributed by atoms with van der Waals surface area (Å²) in [7, 11) is 0. The van der Waals surface area contributed by atoms with E-state index in [9.17, 15) is 0 Å². The highest BCUT2D eigenvalue weighted by Gasteiger charge is 2.50. The van der Waals surface area contributed by atoms with Gasteiger partial charge >= 0.3 is 0 Å². The van der Waals surface area contributed by atoms with E-state index in [0.29, 0.717) is 17.5 Å². The summed E-state index contributed by atoms with van der Waals surface area (Å²) < 4.78 is 0. The molecule has 1 spiro atoms. The molecule has 280 valence electrons. The van der Waals surface area contributed by atoms with Crippen LogP contribution in [0, 0.1) is 0 Å². The number of rotatable bonds is 5. The van der Waals surface area contributed by atoms with Crippen molar-refractivity contribution in [2.45, 2.75) is 15.2 Å². The van der Waals surface area contributed by atoms with Crippen LogP contribution in [0.1, 0.15) is 22.3 Å². The van der Waals surface area contributed by atoms with E-state index in [4.69, 9.17) is 15.0 Å². The van der Waals surface area contributed by atoms with Crippen molar-refractivity contribution in [1.29, 1.82) is 0 Å². The Balaban J connectivity index is 1.05. The zero-order chi connectivity index (χ0) is 39.6. The topological polar surface area (TPSA) is 51.6 Å². The highest BCUT2D eigenvalue weighted by molar-refractivity contribution is 7.99. The van der Waals surface area contributed by atoms with Gasteiger partial charge in [-0.05, 0) is 92.0 Å². The fourth-order valence-corrected chi connectivity index (χ4v) is 10.5. The molecule has 8 aromatic carbocycles. The lowest BCUT2D eigenvalue weighted by Gasteiger charge is -2.40. The van der Waals surface area contributed by atoms with Gasteiger partial charge in [-0.3, -0.25) is 4.98 Å². The highest BCUT2D eigenvalue weighted by Crippen LogP contribution is 2.62. The summed E-state index contributed by atoms with van der Waals surface area (Å²) in [4.78, 5) is 22.4. The minimum absolute atomic E-state index is 0.581. The van der Waals surface area contributed by atoms with Crippen LogP contribution in [0.2, 0.25) is 0 Å². The van der Waals surface area contributed by atoms with Gasteiger partial charge in [0.1, 0.15) is 0 Å². The van der Waals surface area contributed by atoms with Crippen LogP contribution in [0.3, 0.4) is 0 Å². The van der Waals surface area contributed by atoms with Crippen LogP contribution < -0.4 is 0 Å². The molecule has 1 aliphatic carbocycles. The van der Waals surface area contributed by atoms with Gasteiger partial charge in [-0.15, -0.1) is 0 Å². The third kappa shape index (κ3) is 5.40. The summed E-state index contributed by atoms with van der Waals surface area (Å²) in [6.07, 6.45) is 1.90. The standard InChI is InChI=1S/C55H34N4S/c1-3-13-37(14-4-1)52-57-53(38-15-5-2-6-16-38)59-54(58-52)40-28-30-51-48(34-40)55(45-20-10-7-17-42(45)43-18-8-11-21-46(43)55)47-33-39(27-29-50(47)60-51)35-23-25-36(26-24-35)41-31-32-56-49-22-12-9-19-44(41)49/h1-34H. The molecule has 5 heteroatoms. The van der Waals surface area contributed by atoms with Crippen molar-refractivity contribution in [1.82, 2.24) is 19.9 Å². The molecule has 2 aromatic heterocycles. The molecular weight excluding hydrogens is 749 g/mol. The van der Waals surface area contributed by atoms with Crippen LogP contribution in [0.15, 0.2) is 216 Å². The molecule has 0 saturated heterocycles. The number of aromatic nitrogens is 4. The van der Waals surface area contributed by atoms with Gasteiger partial charge < -0.3 is 0 Å². The summed E-state index contributed by atoms with van der Waals surface area (Å²) in [5, 5.41) is 1.15. The number of pyridine rings is 1. The second kappa shape index (κ2) is 13.8. The van der Waals surface area contributed by atoms with Crippen LogP contribution in [0.25, 0.3) is 78.4 Å². The molecule has 2 aliphatic rings. The van der Waals surface area contributed by atoms with Crippen LogP contribution in [-0.4, -0.2) is 19.9 Å². The molecule has 0 unspecified atom stereocenters. The highest BCUT2D eigenvalue weighted by atomic mass is 32.2. The normalized spacial score (nSPS) is 13.1. The second-order valence-electron chi connectivity index (χ2n) is 15.4. The van der Waals surface area contributed by atoms with Crippen molar-refractivity contribution < 1.29 is 0 Å². The van der Waals surface area contributed by atoms with Crippen molar-refractivity contribution in [2.24, 2.45) is 0 Å². The van der Waals surface area contributed by atoms with E-state index in [1.165, 1.54) is 65.4 Å². The maximum atomic E-state index is 5.16. The predicted octanol–water partition coefficient (Wildman–Crippen LogP) is 13.6. The summed E-state index contributed by atoms with van der Waals surface area (Å²) in [5.41, 5.74) is 15.6. The number of para-hydroxylation sites is 1. The predicted molar refractivity (Wildman–Crippen MR) is 244 cm³/mol. The lowest BCUT2D eigenvalue weighted by molar-refractivity contribution is 0.723. The maximum Gasteiger partial charge on any atom is 0.164 e. The number of hydrogen-bond donors (Lipinski definition) is 0. The fraction of sp³-hybridized carbons (Fsp3) is 0.0182. The van der Waals surface area contributed by atoms with E-state index in [0.717, 1.165) is 27.6 Å². The van der Waals surface area contributed by atoms with Gasteiger partial charge in [-0.25, -0.2) is 15.0 Å². The van der Waals surface area contributed by atoms with Crippen molar-refractivity contribution in [2.75, 3.05) is 0 Å². The van der Waals surface area contributed by atoms with E-state index >= 15 is 0 Å². The Bertz CT molecular complexity index is 3180. The number of fused-ring (bicyclic) bond motifs is 10. The Morgan fingerprint density at radius 3 is 1.45 bits per heavy atom. The van der Waals surface area contributed by atoms with Gasteiger partial charge in [-0.2, -0.15) is 0 Å². The fourth-order valence-electron chi connectivity index (χ4n) is 9.35. The van der Waals surface area contributed by atoms with Crippen molar-refractivity contribution in [3.63, 3.8) is 0 Å². The molecule has 0 radical (unpaired) electrons. The number of hydrogen-bond acceptors (Lipinski definition) is 5. The zero-order valence-electron chi connectivity index (χ0n) is 32.3. The molecule has 1 aliphatic heterocycles.